The molecule has 2 heterocycles. The Labute approximate surface area is 162 Å². The van der Waals surface area contributed by atoms with Crippen molar-refractivity contribution in [3.63, 3.8) is 0 Å². The summed E-state index contributed by atoms with van der Waals surface area (Å²) in [7, 11) is 0. The first kappa shape index (κ1) is 19.7. The van der Waals surface area contributed by atoms with Gasteiger partial charge in [0, 0.05) is 57.1 Å². The van der Waals surface area contributed by atoms with Crippen LogP contribution in [-0.2, 0) is 9.59 Å². The summed E-state index contributed by atoms with van der Waals surface area (Å²) in [6, 6.07) is 8.18. The van der Waals surface area contributed by atoms with Crippen molar-refractivity contribution >= 4 is 23.2 Å². The van der Waals surface area contributed by atoms with E-state index in [1.165, 1.54) is 24.9 Å². The molecule has 6 nitrogen and oxygen atoms in total. The van der Waals surface area contributed by atoms with E-state index in [0.29, 0.717) is 19.5 Å². The molecule has 0 radical (unpaired) electrons. The van der Waals surface area contributed by atoms with E-state index < -0.39 is 0 Å². The molecule has 148 valence electrons. The number of carbonyl (C=O) groups excluding carboxylic acids is 2. The number of benzene rings is 1. The summed E-state index contributed by atoms with van der Waals surface area (Å²) >= 11 is 0. The van der Waals surface area contributed by atoms with Crippen LogP contribution in [0.1, 0.15) is 39.0 Å². The Bertz CT molecular complexity index is 626. The second-order valence-electron chi connectivity index (χ2n) is 7.51. The molecule has 2 saturated heterocycles. The third-order valence-corrected chi connectivity index (χ3v) is 5.48. The van der Waals surface area contributed by atoms with Gasteiger partial charge in [0.15, 0.2) is 0 Å². The number of hydrogen-bond acceptors (Lipinski definition) is 4. The number of piperidine rings is 1. The average molecular weight is 373 g/mol. The van der Waals surface area contributed by atoms with Gasteiger partial charge in [-0.3, -0.25) is 14.5 Å². The molecule has 0 unspecified atom stereocenters. The van der Waals surface area contributed by atoms with Crippen molar-refractivity contribution in [2.24, 2.45) is 0 Å². The molecule has 1 aromatic carbocycles. The molecule has 0 saturated carbocycles. The van der Waals surface area contributed by atoms with Crippen LogP contribution >= 0.6 is 0 Å². The van der Waals surface area contributed by atoms with E-state index in [4.69, 9.17) is 0 Å². The van der Waals surface area contributed by atoms with E-state index in [1.54, 1.807) is 0 Å². The number of nitrogens with one attached hydrogen (secondary N) is 1. The highest BCUT2D eigenvalue weighted by Gasteiger charge is 2.19. The molecule has 0 spiro atoms. The fourth-order valence-corrected chi connectivity index (χ4v) is 3.91. The maximum atomic E-state index is 12.4. The fraction of sp³-hybridized carbons (Fsp3) is 0.619. The third-order valence-electron chi connectivity index (χ3n) is 5.48. The Balaban J connectivity index is 1.46. The van der Waals surface area contributed by atoms with Gasteiger partial charge in [0.25, 0.3) is 0 Å². The van der Waals surface area contributed by atoms with Gasteiger partial charge in [-0.05, 0) is 49.9 Å². The van der Waals surface area contributed by atoms with Crippen molar-refractivity contribution in [2.75, 3.05) is 56.0 Å². The first-order chi connectivity index (χ1) is 13.2. The van der Waals surface area contributed by atoms with Crippen LogP contribution in [0.5, 0.6) is 0 Å². The molecule has 2 amide bonds. The van der Waals surface area contributed by atoms with Gasteiger partial charge >= 0.3 is 0 Å². The molecule has 2 fully saturated rings. The molecule has 1 aromatic rings. The predicted octanol–water partition coefficient (Wildman–Crippen LogP) is 2.56. The van der Waals surface area contributed by atoms with Crippen molar-refractivity contribution in [1.29, 1.82) is 0 Å². The first-order valence-corrected chi connectivity index (χ1v) is 10.3. The summed E-state index contributed by atoms with van der Waals surface area (Å²) in [4.78, 5) is 30.7. The van der Waals surface area contributed by atoms with Gasteiger partial charge < -0.3 is 15.1 Å². The number of anilines is 2. The molecule has 0 atom stereocenters. The van der Waals surface area contributed by atoms with Crippen LogP contribution in [0.25, 0.3) is 0 Å². The van der Waals surface area contributed by atoms with Gasteiger partial charge in [0.05, 0.1) is 6.54 Å². The largest absolute Gasteiger partial charge is 0.372 e. The van der Waals surface area contributed by atoms with Crippen molar-refractivity contribution < 1.29 is 9.59 Å². The molecule has 0 aromatic heterocycles. The Morgan fingerprint density at radius 1 is 0.889 bits per heavy atom. The summed E-state index contributed by atoms with van der Waals surface area (Å²) in [5.41, 5.74) is 2.08. The maximum Gasteiger partial charge on any atom is 0.238 e. The average Bonchev–Trinajstić information content (AvgIpc) is 2.94. The predicted molar refractivity (Wildman–Crippen MR) is 109 cm³/mol. The smallest absolute Gasteiger partial charge is 0.238 e. The lowest BCUT2D eigenvalue weighted by Crippen LogP contribution is -2.37. The number of amides is 2. The number of rotatable bonds is 5. The molecule has 2 aliphatic rings. The summed E-state index contributed by atoms with van der Waals surface area (Å²) in [5.74, 6) is 0.214. The first-order valence-electron chi connectivity index (χ1n) is 10.3. The van der Waals surface area contributed by atoms with E-state index in [2.05, 4.69) is 27.2 Å². The van der Waals surface area contributed by atoms with Crippen LogP contribution in [0, 0.1) is 0 Å². The molecule has 27 heavy (non-hydrogen) atoms. The van der Waals surface area contributed by atoms with Crippen LogP contribution < -0.4 is 10.2 Å². The van der Waals surface area contributed by atoms with Gasteiger partial charge in [-0.15, -0.1) is 0 Å². The zero-order chi connectivity index (χ0) is 19.1. The Morgan fingerprint density at radius 3 is 2.33 bits per heavy atom. The summed E-state index contributed by atoms with van der Waals surface area (Å²) < 4.78 is 0. The van der Waals surface area contributed by atoms with E-state index in [0.717, 1.165) is 44.8 Å². The SMILES string of the molecule is CCC(=O)N1CCCN(CC(=O)Nc2ccc(N3CCCCC3)cc2)CC1. The second kappa shape index (κ2) is 9.74. The van der Waals surface area contributed by atoms with Gasteiger partial charge in [-0.25, -0.2) is 0 Å². The van der Waals surface area contributed by atoms with Crippen molar-refractivity contribution in [3.05, 3.63) is 24.3 Å². The molecule has 0 aliphatic carbocycles. The zero-order valence-electron chi connectivity index (χ0n) is 16.5. The topological polar surface area (TPSA) is 55.9 Å². The Hall–Kier alpha value is -2.08. The highest BCUT2D eigenvalue weighted by atomic mass is 16.2. The summed E-state index contributed by atoms with van der Waals surface area (Å²) in [6.07, 6.45) is 5.31. The monoisotopic (exact) mass is 372 g/mol. The number of nitrogens with zero attached hydrogens (tertiary/aromatic N) is 3. The molecular formula is C21H32N4O2. The summed E-state index contributed by atoms with van der Waals surface area (Å²) in [6.45, 7) is 7.64. The van der Waals surface area contributed by atoms with E-state index in [9.17, 15) is 9.59 Å². The van der Waals surface area contributed by atoms with E-state index >= 15 is 0 Å². The number of carbonyl (C=O) groups is 2. The standard InChI is InChI=1S/C21H32N4O2/c1-2-21(27)25-14-6-11-23(15-16-25)17-20(26)22-18-7-9-19(10-8-18)24-12-4-3-5-13-24/h7-10H,2-6,11-17H2,1H3,(H,22,26). The Morgan fingerprint density at radius 2 is 1.63 bits per heavy atom. The lowest BCUT2D eigenvalue weighted by Gasteiger charge is -2.28. The van der Waals surface area contributed by atoms with Crippen molar-refractivity contribution in [1.82, 2.24) is 9.80 Å². The van der Waals surface area contributed by atoms with E-state index in [-0.39, 0.29) is 11.8 Å². The third kappa shape index (κ3) is 5.70. The van der Waals surface area contributed by atoms with E-state index in [1.807, 2.05) is 24.0 Å². The molecule has 0 bridgehead atoms. The van der Waals surface area contributed by atoms with Crippen LogP contribution in [-0.4, -0.2) is 67.4 Å². The zero-order valence-corrected chi connectivity index (χ0v) is 16.5. The van der Waals surface area contributed by atoms with Crippen LogP contribution in [0.15, 0.2) is 24.3 Å². The summed E-state index contributed by atoms with van der Waals surface area (Å²) in [5, 5.41) is 3.01. The maximum absolute atomic E-state index is 12.4. The lowest BCUT2D eigenvalue weighted by atomic mass is 10.1. The lowest BCUT2D eigenvalue weighted by molar-refractivity contribution is -0.130. The molecule has 6 heteroatoms. The van der Waals surface area contributed by atoms with Crippen molar-refractivity contribution in [3.8, 4) is 0 Å². The molecule has 2 aliphatic heterocycles. The highest BCUT2D eigenvalue weighted by molar-refractivity contribution is 5.92. The van der Waals surface area contributed by atoms with Crippen LogP contribution in [0.4, 0.5) is 11.4 Å². The highest BCUT2D eigenvalue weighted by Crippen LogP contribution is 2.21. The van der Waals surface area contributed by atoms with Crippen LogP contribution in [0.2, 0.25) is 0 Å². The minimum Gasteiger partial charge on any atom is -0.372 e. The minimum atomic E-state index is 0.0102. The van der Waals surface area contributed by atoms with Gasteiger partial charge in [0.1, 0.15) is 0 Å². The number of hydrogen-bond donors (Lipinski definition) is 1. The minimum absolute atomic E-state index is 0.0102. The van der Waals surface area contributed by atoms with Gasteiger partial charge in [-0.1, -0.05) is 6.92 Å². The van der Waals surface area contributed by atoms with Gasteiger partial charge in [-0.2, -0.15) is 0 Å². The van der Waals surface area contributed by atoms with Crippen LogP contribution in [0.3, 0.4) is 0 Å². The quantitative estimate of drug-likeness (QED) is 0.863. The normalized spacial score (nSPS) is 18.9. The molecule has 1 N–H and O–H groups in total. The fourth-order valence-electron chi connectivity index (χ4n) is 3.91. The van der Waals surface area contributed by atoms with Gasteiger partial charge in [0.2, 0.25) is 11.8 Å². The Kier molecular flexibility index (Phi) is 7.10. The molecular weight excluding hydrogens is 340 g/mol. The second-order valence-corrected chi connectivity index (χ2v) is 7.51. The van der Waals surface area contributed by atoms with Crippen molar-refractivity contribution in [2.45, 2.75) is 39.0 Å². The molecule has 3 rings (SSSR count).